The Bertz CT molecular complexity index is 1350. The van der Waals surface area contributed by atoms with Crippen molar-refractivity contribution < 1.29 is 18.0 Å². The van der Waals surface area contributed by atoms with Gasteiger partial charge >= 0.3 is 6.18 Å². The van der Waals surface area contributed by atoms with Gasteiger partial charge in [0.25, 0.3) is 5.91 Å². The molecule has 3 heterocycles. The number of halogens is 3. The number of alkyl halides is 3. The van der Waals surface area contributed by atoms with Crippen LogP contribution in [0, 0.1) is 6.92 Å². The smallest absolute Gasteiger partial charge is 0.383 e. The monoisotopic (exact) mass is 481 g/mol. The second-order valence-corrected chi connectivity index (χ2v) is 7.95. The Hall–Kier alpha value is -4.15. The summed E-state index contributed by atoms with van der Waals surface area (Å²) in [5.74, 6) is 0.461. The number of pyridine rings is 1. The highest BCUT2D eigenvalue weighted by Gasteiger charge is 2.33. The van der Waals surface area contributed by atoms with Crippen molar-refractivity contribution in [3.63, 3.8) is 0 Å². The molecule has 1 amide bonds. The fourth-order valence-corrected chi connectivity index (χ4v) is 3.70. The van der Waals surface area contributed by atoms with Gasteiger partial charge in [-0.1, -0.05) is 6.92 Å². The summed E-state index contributed by atoms with van der Waals surface area (Å²) in [4.78, 5) is 35.5. The largest absolute Gasteiger partial charge is 0.434 e. The number of amides is 1. The predicted octanol–water partition coefficient (Wildman–Crippen LogP) is 4.52. The normalized spacial score (nSPS) is 12.5. The lowest BCUT2D eigenvalue weighted by atomic mass is 10.1. The van der Waals surface area contributed by atoms with Crippen LogP contribution < -0.4 is 5.73 Å². The molecule has 11 heteroatoms. The van der Waals surface area contributed by atoms with Gasteiger partial charge in [-0.15, -0.1) is 0 Å². The zero-order valence-electron chi connectivity index (χ0n) is 19.0. The maximum absolute atomic E-state index is 13.7. The molecule has 3 aromatic heterocycles. The van der Waals surface area contributed by atoms with Crippen molar-refractivity contribution in [2.45, 2.75) is 39.0 Å². The molecule has 0 saturated carbocycles. The van der Waals surface area contributed by atoms with Gasteiger partial charge in [-0.25, -0.2) is 19.9 Å². The molecule has 180 valence electrons. The maximum Gasteiger partial charge on any atom is 0.434 e. The van der Waals surface area contributed by atoms with E-state index >= 15 is 0 Å². The zero-order valence-corrected chi connectivity index (χ0v) is 19.0. The standard InChI is InChI=1S/C24H22F3N7O/c1-3-19(22-29-7-4-8-30-22)34(13-17-11-32-20(12-31-17)24(25,26)27)23(35)15-5-6-18-16(10-15)9-14(2)21(28)33-18/h4-12,19H,3,13H2,1-2H3,(H2,28,33). The number of hydrogen-bond donors (Lipinski definition) is 1. The number of aromatic nitrogens is 5. The Morgan fingerprint density at radius 2 is 1.83 bits per heavy atom. The van der Waals surface area contributed by atoms with E-state index in [1.54, 1.807) is 36.7 Å². The average Bonchev–Trinajstić information content (AvgIpc) is 2.84. The topological polar surface area (TPSA) is 111 Å². The van der Waals surface area contributed by atoms with Crippen LogP contribution in [0.2, 0.25) is 0 Å². The quantitative estimate of drug-likeness (QED) is 0.431. The van der Waals surface area contributed by atoms with Gasteiger partial charge in [0, 0.05) is 23.3 Å². The SMILES string of the molecule is CCC(c1ncccn1)N(Cc1cnc(C(F)(F)F)cn1)C(=O)c1ccc2nc(N)c(C)cc2c1. The summed E-state index contributed by atoms with van der Waals surface area (Å²) < 4.78 is 38.8. The molecule has 1 unspecified atom stereocenters. The molecular formula is C24H22F3N7O. The van der Waals surface area contributed by atoms with E-state index in [9.17, 15) is 18.0 Å². The van der Waals surface area contributed by atoms with Crippen LogP contribution in [0.5, 0.6) is 0 Å². The van der Waals surface area contributed by atoms with Crippen molar-refractivity contribution in [3.8, 4) is 0 Å². The first-order valence-corrected chi connectivity index (χ1v) is 10.8. The number of aryl methyl sites for hydroxylation is 1. The number of carbonyl (C=O) groups excluding carboxylic acids is 1. The van der Waals surface area contributed by atoms with Crippen LogP contribution in [0.25, 0.3) is 10.9 Å². The molecule has 0 radical (unpaired) electrons. The summed E-state index contributed by atoms with van der Waals surface area (Å²) >= 11 is 0. The van der Waals surface area contributed by atoms with Crippen LogP contribution in [0.4, 0.5) is 19.0 Å². The molecule has 0 aliphatic carbocycles. The number of carbonyl (C=O) groups is 1. The fourth-order valence-electron chi connectivity index (χ4n) is 3.70. The van der Waals surface area contributed by atoms with E-state index in [2.05, 4.69) is 24.9 Å². The average molecular weight is 481 g/mol. The van der Waals surface area contributed by atoms with E-state index in [0.717, 1.165) is 17.1 Å². The molecule has 0 bridgehead atoms. The van der Waals surface area contributed by atoms with Crippen LogP contribution in [-0.2, 0) is 12.7 Å². The summed E-state index contributed by atoms with van der Waals surface area (Å²) in [5, 5.41) is 0.737. The molecule has 0 saturated heterocycles. The zero-order chi connectivity index (χ0) is 25.2. The Labute approximate surface area is 199 Å². The van der Waals surface area contributed by atoms with Gasteiger partial charge in [0.1, 0.15) is 5.82 Å². The minimum absolute atomic E-state index is 0.0855. The van der Waals surface area contributed by atoms with Gasteiger partial charge in [0.05, 0.1) is 36.2 Å². The molecule has 4 rings (SSSR count). The number of fused-ring (bicyclic) bond motifs is 1. The van der Waals surface area contributed by atoms with E-state index in [0.29, 0.717) is 35.3 Å². The van der Waals surface area contributed by atoms with Crippen molar-refractivity contribution in [2.75, 3.05) is 5.73 Å². The van der Waals surface area contributed by atoms with Crippen molar-refractivity contribution in [3.05, 3.63) is 83.5 Å². The molecular weight excluding hydrogens is 459 g/mol. The molecule has 1 aromatic carbocycles. The lowest BCUT2D eigenvalue weighted by molar-refractivity contribution is -0.141. The fraction of sp³-hybridized carbons (Fsp3) is 0.250. The van der Waals surface area contributed by atoms with Crippen LogP contribution in [0.15, 0.2) is 55.1 Å². The Morgan fingerprint density at radius 3 is 2.46 bits per heavy atom. The summed E-state index contributed by atoms with van der Waals surface area (Å²) in [7, 11) is 0. The van der Waals surface area contributed by atoms with Gasteiger partial charge in [-0.2, -0.15) is 13.2 Å². The van der Waals surface area contributed by atoms with E-state index in [-0.39, 0.29) is 18.1 Å². The second kappa shape index (κ2) is 9.61. The number of nitrogens with two attached hydrogens (primary N) is 1. The Kier molecular flexibility index (Phi) is 6.59. The summed E-state index contributed by atoms with van der Waals surface area (Å²) in [6, 6.07) is 8.01. The minimum atomic E-state index is -4.61. The summed E-state index contributed by atoms with van der Waals surface area (Å²) in [5.41, 5.74) is 6.79. The Morgan fingerprint density at radius 1 is 1.09 bits per heavy atom. The number of nitrogen functional groups attached to an aromatic ring is 1. The van der Waals surface area contributed by atoms with Crippen LogP contribution in [0.1, 0.15) is 52.5 Å². The van der Waals surface area contributed by atoms with Crippen LogP contribution in [-0.4, -0.2) is 35.7 Å². The first-order valence-electron chi connectivity index (χ1n) is 10.8. The summed E-state index contributed by atoms with van der Waals surface area (Å²) in [6.07, 6.45) is 0.686. The van der Waals surface area contributed by atoms with Crippen molar-refractivity contribution >= 4 is 22.6 Å². The number of nitrogens with zero attached hydrogens (tertiary/aromatic N) is 6. The second-order valence-electron chi connectivity index (χ2n) is 7.95. The van der Waals surface area contributed by atoms with Crippen molar-refractivity contribution in [2.24, 2.45) is 0 Å². The number of hydrogen-bond acceptors (Lipinski definition) is 7. The first-order chi connectivity index (χ1) is 16.7. The summed E-state index contributed by atoms with van der Waals surface area (Å²) in [6.45, 7) is 3.61. The van der Waals surface area contributed by atoms with Gasteiger partial charge in [0.15, 0.2) is 11.5 Å². The van der Waals surface area contributed by atoms with E-state index in [1.165, 1.54) is 4.90 Å². The highest BCUT2D eigenvalue weighted by Crippen LogP contribution is 2.29. The molecule has 1 atom stereocenters. The number of anilines is 1. The molecule has 0 aliphatic rings. The third-order valence-corrected chi connectivity index (χ3v) is 5.53. The molecule has 35 heavy (non-hydrogen) atoms. The van der Waals surface area contributed by atoms with Crippen molar-refractivity contribution in [1.82, 2.24) is 29.8 Å². The molecule has 0 aliphatic heterocycles. The third kappa shape index (κ3) is 5.18. The molecule has 8 nitrogen and oxygen atoms in total. The predicted molar refractivity (Wildman–Crippen MR) is 123 cm³/mol. The highest BCUT2D eigenvalue weighted by atomic mass is 19.4. The lowest BCUT2D eigenvalue weighted by Crippen LogP contribution is -2.35. The number of rotatable bonds is 6. The highest BCUT2D eigenvalue weighted by molar-refractivity contribution is 5.98. The lowest BCUT2D eigenvalue weighted by Gasteiger charge is -2.30. The van der Waals surface area contributed by atoms with Gasteiger partial charge in [0.2, 0.25) is 0 Å². The molecule has 4 aromatic rings. The van der Waals surface area contributed by atoms with Crippen LogP contribution in [0.3, 0.4) is 0 Å². The molecule has 0 fully saturated rings. The van der Waals surface area contributed by atoms with Gasteiger partial charge in [-0.3, -0.25) is 9.78 Å². The third-order valence-electron chi connectivity index (χ3n) is 5.53. The minimum Gasteiger partial charge on any atom is -0.383 e. The first kappa shape index (κ1) is 24.0. The maximum atomic E-state index is 13.7. The number of benzene rings is 1. The van der Waals surface area contributed by atoms with Crippen molar-refractivity contribution in [1.29, 1.82) is 0 Å². The molecule has 0 spiro atoms. The van der Waals surface area contributed by atoms with E-state index < -0.39 is 17.9 Å². The van der Waals surface area contributed by atoms with E-state index in [1.807, 2.05) is 19.9 Å². The van der Waals surface area contributed by atoms with Gasteiger partial charge in [-0.05, 0) is 49.2 Å². The molecule has 2 N–H and O–H groups in total. The Balaban J connectivity index is 1.74. The van der Waals surface area contributed by atoms with E-state index in [4.69, 9.17) is 5.73 Å². The van der Waals surface area contributed by atoms with Gasteiger partial charge < -0.3 is 10.6 Å². The van der Waals surface area contributed by atoms with Crippen LogP contribution >= 0.6 is 0 Å².